The SMILES string of the molecule is C[C@@H](CCc1ccccc1)N(S(=O)(=O)c1ccc([N+](=O)[O-])cc1)S(=O)(=O)c1ccc([N+](=O)[O-])cc1. The van der Waals surface area contributed by atoms with Gasteiger partial charge in [-0.2, -0.15) is 0 Å². The maximum absolute atomic E-state index is 13.5. The van der Waals surface area contributed by atoms with Crippen molar-refractivity contribution in [3.63, 3.8) is 0 Å². The van der Waals surface area contributed by atoms with Gasteiger partial charge in [-0.05, 0) is 49.6 Å². The molecule has 3 rings (SSSR count). The average Bonchev–Trinajstić information content (AvgIpc) is 2.83. The van der Waals surface area contributed by atoms with Crippen molar-refractivity contribution in [2.75, 3.05) is 0 Å². The second-order valence-corrected chi connectivity index (χ2v) is 11.5. The van der Waals surface area contributed by atoms with E-state index in [-0.39, 0.29) is 17.8 Å². The molecular formula is C22H21N3O8S2. The minimum Gasteiger partial charge on any atom is -0.258 e. The molecule has 184 valence electrons. The van der Waals surface area contributed by atoms with Crippen LogP contribution < -0.4 is 0 Å². The summed E-state index contributed by atoms with van der Waals surface area (Å²) in [5.41, 5.74) is 0.163. The quantitative estimate of drug-likeness (QED) is 0.288. The summed E-state index contributed by atoms with van der Waals surface area (Å²) in [6, 6.07) is 15.8. The largest absolute Gasteiger partial charge is 0.269 e. The van der Waals surface area contributed by atoms with Gasteiger partial charge < -0.3 is 0 Å². The van der Waals surface area contributed by atoms with Gasteiger partial charge in [-0.15, -0.1) is 0 Å². The van der Waals surface area contributed by atoms with E-state index in [9.17, 15) is 37.1 Å². The summed E-state index contributed by atoms with van der Waals surface area (Å²) < 4.78 is 54.5. The van der Waals surface area contributed by atoms with Gasteiger partial charge in [-0.3, -0.25) is 20.2 Å². The maximum Gasteiger partial charge on any atom is 0.269 e. The van der Waals surface area contributed by atoms with Crippen LogP contribution in [0.25, 0.3) is 0 Å². The molecule has 0 aliphatic carbocycles. The maximum atomic E-state index is 13.5. The Kier molecular flexibility index (Phi) is 7.63. The first-order valence-corrected chi connectivity index (χ1v) is 13.1. The summed E-state index contributed by atoms with van der Waals surface area (Å²) in [5, 5.41) is 21.9. The van der Waals surface area contributed by atoms with Gasteiger partial charge in [0.15, 0.2) is 0 Å². The van der Waals surface area contributed by atoms with Crippen molar-refractivity contribution in [2.45, 2.75) is 35.6 Å². The van der Waals surface area contributed by atoms with Crippen molar-refractivity contribution in [3.8, 4) is 0 Å². The second kappa shape index (κ2) is 10.3. The first-order valence-electron chi connectivity index (χ1n) is 10.3. The fourth-order valence-corrected chi connectivity index (χ4v) is 7.50. The highest BCUT2D eigenvalue weighted by Gasteiger charge is 2.40. The smallest absolute Gasteiger partial charge is 0.258 e. The zero-order valence-electron chi connectivity index (χ0n) is 18.4. The van der Waals surface area contributed by atoms with Gasteiger partial charge in [0.25, 0.3) is 31.4 Å². The Morgan fingerprint density at radius 2 is 1.11 bits per heavy atom. The van der Waals surface area contributed by atoms with Gasteiger partial charge in [-0.25, -0.2) is 16.8 Å². The summed E-state index contributed by atoms with van der Waals surface area (Å²) in [6.07, 6.45) is 0.520. The summed E-state index contributed by atoms with van der Waals surface area (Å²) in [6.45, 7) is 1.44. The Hall–Kier alpha value is -3.68. The highest BCUT2D eigenvalue weighted by atomic mass is 32.3. The molecule has 0 aliphatic heterocycles. The molecule has 0 aliphatic rings. The molecule has 0 amide bonds. The lowest BCUT2D eigenvalue weighted by molar-refractivity contribution is -0.385. The van der Waals surface area contributed by atoms with Crippen LogP contribution in [0.2, 0.25) is 0 Å². The third-order valence-corrected chi connectivity index (χ3v) is 9.80. The van der Waals surface area contributed by atoms with Crippen LogP contribution in [0.1, 0.15) is 18.9 Å². The van der Waals surface area contributed by atoms with Gasteiger partial charge in [0, 0.05) is 30.3 Å². The van der Waals surface area contributed by atoms with Crippen LogP contribution in [0.5, 0.6) is 0 Å². The number of benzene rings is 3. The lowest BCUT2D eigenvalue weighted by Gasteiger charge is -2.28. The molecule has 13 heteroatoms. The Morgan fingerprint density at radius 3 is 1.49 bits per heavy atom. The standard InChI is InChI=1S/C22H21N3O8S2/c1-17(7-8-18-5-3-2-4-6-18)25(34(30,31)21-13-9-19(10-14-21)23(26)27)35(32,33)22-15-11-20(12-16-22)24(28)29/h2-6,9-17H,7-8H2,1H3/t17-/m0/s1. The number of nitro benzene ring substituents is 2. The molecular weight excluding hydrogens is 498 g/mol. The third-order valence-electron chi connectivity index (χ3n) is 5.22. The van der Waals surface area contributed by atoms with E-state index in [2.05, 4.69) is 0 Å². The van der Waals surface area contributed by atoms with Crippen molar-refractivity contribution in [2.24, 2.45) is 0 Å². The van der Waals surface area contributed by atoms with Gasteiger partial charge in [0.1, 0.15) is 0 Å². The lowest BCUT2D eigenvalue weighted by atomic mass is 10.1. The predicted molar refractivity (Wildman–Crippen MR) is 127 cm³/mol. The van der Waals surface area contributed by atoms with Crippen molar-refractivity contribution < 1.29 is 26.7 Å². The van der Waals surface area contributed by atoms with E-state index in [1.54, 1.807) is 12.1 Å². The number of rotatable bonds is 10. The number of non-ortho nitro benzene ring substituents is 2. The molecule has 3 aromatic carbocycles. The molecule has 0 bridgehead atoms. The van der Waals surface area contributed by atoms with E-state index in [1.165, 1.54) is 6.92 Å². The van der Waals surface area contributed by atoms with E-state index >= 15 is 0 Å². The summed E-state index contributed by atoms with van der Waals surface area (Å²) >= 11 is 0. The number of nitro groups is 2. The minimum absolute atomic E-state index is 0.141. The van der Waals surface area contributed by atoms with Crippen molar-refractivity contribution in [1.29, 1.82) is 0 Å². The van der Waals surface area contributed by atoms with Crippen molar-refractivity contribution in [3.05, 3.63) is 105 Å². The summed E-state index contributed by atoms with van der Waals surface area (Å²) in [4.78, 5) is 19.6. The molecule has 0 spiro atoms. The van der Waals surface area contributed by atoms with Crippen molar-refractivity contribution in [1.82, 2.24) is 3.71 Å². The fourth-order valence-electron chi connectivity index (χ4n) is 3.42. The predicted octanol–water partition coefficient (Wildman–Crippen LogP) is 3.90. The molecule has 3 aromatic rings. The molecule has 0 radical (unpaired) electrons. The van der Waals surface area contributed by atoms with Gasteiger partial charge >= 0.3 is 0 Å². The lowest BCUT2D eigenvalue weighted by Crippen LogP contribution is -2.43. The zero-order valence-corrected chi connectivity index (χ0v) is 20.1. The van der Waals surface area contributed by atoms with Crippen LogP contribution in [0.15, 0.2) is 88.7 Å². The van der Waals surface area contributed by atoms with E-state index in [1.807, 2.05) is 18.2 Å². The molecule has 0 saturated carbocycles. The van der Waals surface area contributed by atoms with Gasteiger partial charge in [0.2, 0.25) is 0 Å². The molecule has 35 heavy (non-hydrogen) atoms. The fraction of sp³-hybridized carbons (Fsp3) is 0.182. The number of hydrogen-bond acceptors (Lipinski definition) is 8. The first-order chi connectivity index (χ1) is 16.4. The number of aryl methyl sites for hydroxylation is 1. The zero-order chi connectivity index (χ0) is 25.8. The Balaban J connectivity index is 2.06. The minimum atomic E-state index is -4.69. The Bertz CT molecular complexity index is 1340. The average molecular weight is 520 g/mol. The van der Waals surface area contributed by atoms with Crippen molar-refractivity contribution >= 4 is 31.4 Å². The van der Waals surface area contributed by atoms with Crippen LogP contribution in [-0.4, -0.2) is 36.4 Å². The van der Waals surface area contributed by atoms with Crippen LogP contribution in [-0.2, 0) is 26.5 Å². The third kappa shape index (κ3) is 5.70. The molecule has 0 fully saturated rings. The molecule has 0 aromatic heterocycles. The van der Waals surface area contributed by atoms with E-state index in [0.717, 1.165) is 54.1 Å². The Morgan fingerprint density at radius 1 is 0.714 bits per heavy atom. The molecule has 0 N–H and O–H groups in total. The highest BCUT2D eigenvalue weighted by Crippen LogP contribution is 2.30. The van der Waals surface area contributed by atoms with E-state index in [4.69, 9.17) is 0 Å². The molecule has 0 heterocycles. The first kappa shape index (κ1) is 25.9. The van der Waals surface area contributed by atoms with Gasteiger partial charge in [0.05, 0.1) is 19.6 Å². The topological polar surface area (TPSA) is 158 Å². The van der Waals surface area contributed by atoms with Gasteiger partial charge in [-0.1, -0.05) is 34.0 Å². The Labute approximate surface area is 202 Å². The van der Waals surface area contributed by atoms with Crippen LogP contribution >= 0.6 is 0 Å². The second-order valence-electron chi connectivity index (χ2n) is 7.61. The van der Waals surface area contributed by atoms with Crippen LogP contribution in [0.4, 0.5) is 11.4 Å². The number of sulfonamides is 2. The summed E-state index contributed by atoms with van der Waals surface area (Å²) in [7, 11) is -9.38. The van der Waals surface area contributed by atoms with E-state index in [0.29, 0.717) is 10.1 Å². The highest BCUT2D eigenvalue weighted by molar-refractivity contribution is 8.04. The molecule has 0 unspecified atom stereocenters. The van der Waals surface area contributed by atoms with E-state index < -0.39 is 45.7 Å². The number of hydrogen-bond donors (Lipinski definition) is 0. The van der Waals surface area contributed by atoms with Crippen LogP contribution in [0.3, 0.4) is 0 Å². The number of nitrogens with zero attached hydrogens (tertiary/aromatic N) is 3. The monoisotopic (exact) mass is 519 g/mol. The summed E-state index contributed by atoms with van der Waals surface area (Å²) in [5.74, 6) is 0. The molecule has 0 saturated heterocycles. The molecule has 11 nitrogen and oxygen atoms in total. The molecule has 1 atom stereocenters. The van der Waals surface area contributed by atoms with Crippen LogP contribution in [0, 0.1) is 20.2 Å². The normalized spacial score (nSPS) is 12.9.